The van der Waals surface area contributed by atoms with Crippen molar-refractivity contribution < 1.29 is 49.4 Å². The molecule has 0 fully saturated rings. The summed E-state index contributed by atoms with van der Waals surface area (Å²) in [5, 5.41) is 60.0. The molecule has 0 saturated heterocycles. The number of hydrogen-bond donors (Lipinski definition) is 7. The van der Waals surface area contributed by atoms with Crippen molar-refractivity contribution in [2.45, 2.75) is 63.3 Å². The Hall–Kier alpha value is -3.94. The number of carbonyl (C=O) groups is 4. The lowest BCUT2D eigenvalue weighted by atomic mass is 9.55. The summed E-state index contributed by atoms with van der Waals surface area (Å²) in [6.07, 6.45) is -0.706. The predicted octanol–water partition coefficient (Wildman–Crippen LogP) is 0.796. The normalized spacial score (nSPS) is 29.6. The zero-order valence-corrected chi connectivity index (χ0v) is 24.0. The monoisotopic (exact) mass is 587 g/mol. The van der Waals surface area contributed by atoms with Crippen LogP contribution in [0.3, 0.4) is 0 Å². The number of benzene rings is 1. The number of ether oxygens (including phenoxy) is 1. The first-order chi connectivity index (χ1) is 19.7. The minimum absolute atomic E-state index is 0.0394. The fourth-order valence-electron chi connectivity index (χ4n) is 6.71. The highest BCUT2D eigenvalue weighted by Gasteiger charge is 2.67. The number of aromatic hydroxyl groups is 1. The van der Waals surface area contributed by atoms with E-state index in [0.29, 0.717) is 18.4 Å². The fourth-order valence-corrected chi connectivity index (χ4v) is 6.71. The van der Waals surface area contributed by atoms with Crippen molar-refractivity contribution in [1.82, 2.24) is 4.90 Å². The number of hydrogen-bond acceptors (Lipinski definition) is 12. The van der Waals surface area contributed by atoms with Gasteiger partial charge in [-0.2, -0.15) is 0 Å². The molecule has 8 N–H and O–H groups in total. The lowest BCUT2D eigenvalue weighted by Gasteiger charge is -2.53. The maximum absolute atomic E-state index is 14.0. The summed E-state index contributed by atoms with van der Waals surface area (Å²) in [6.45, 7) is 5.30. The molecule has 0 heterocycles. The van der Waals surface area contributed by atoms with Crippen LogP contribution in [0.2, 0.25) is 0 Å². The highest BCUT2D eigenvalue weighted by atomic mass is 16.5. The second-order valence-corrected chi connectivity index (χ2v) is 11.2. The SMILES string of the molecule is CCCC(Nc1ccc2c(c1O)C(=O)C1=C(O)[C@]3(O)C(=O)C(C(N)=O)=C(O)[C@@H](N(C)C)C3C(O)C1C2C)C(=O)OCC. The Morgan fingerprint density at radius 2 is 1.81 bits per heavy atom. The number of fused-ring (bicyclic) bond motifs is 3. The van der Waals surface area contributed by atoms with E-state index in [4.69, 9.17) is 10.5 Å². The Kier molecular flexibility index (Phi) is 8.15. The minimum atomic E-state index is -2.99. The summed E-state index contributed by atoms with van der Waals surface area (Å²) in [6, 6.07) is 0.868. The van der Waals surface area contributed by atoms with Crippen LogP contribution in [0, 0.1) is 11.8 Å². The predicted molar refractivity (Wildman–Crippen MR) is 149 cm³/mol. The molecule has 0 aliphatic heterocycles. The molecule has 0 saturated carbocycles. The zero-order valence-electron chi connectivity index (χ0n) is 24.0. The summed E-state index contributed by atoms with van der Waals surface area (Å²) in [5.74, 6) is -10.2. The van der Waals surface area contributed by atoms with Gasteiger partial charge in [-0.05, 0) is 45.0 Å². The Bertz CT molecular complexity index is 1420. The van der Waals surface area contributed by atoms with E-state index in [-0.39, 0.29) is 17.9 Å². The highest BCUT2D eigenvalue weighted by molar-refractivity contribution is 6.25. The molecule has 0 aromatic heterocycles. The molecule has 1 amide bonds. The number of aliphatic hydroxyl groups is 4. The molecule has 13 nitrogen and oxygen atoms in total. The van der Waals surface area contributed by atoms with Crippen LogP contribution in [0.1, 0.15) is 55.5 Å². The topological polar surface area (TPSA) is 220 Å². The molecule has 1 aromatic rings. The number of anilines is 1. The van der Waals surface area contributed by atoms with Gasteiger partial charge < -0.3 is 41.3 Å². The molecule has 0 bridgehead atoms. The number of rotatable bonds is 8. The maximum atomic E-state index is 14.0. The molecule has 3 aliphatic rings. The molecule has 5 unspecified atom stereocenters. The van der Waals surface area contributed by atoms with E-state index in [2.05, 4.69) is 5.32 Å². The number of esters is 1. The third-order valence-corrected chi connectivity index (χ3v) is 8.61. The minimum Gasteiger partial charge on any atom is -0.510 e. The average molecular weight is 588 g/mol. The van der Waals surface area contributed by atoms with E-state index in [9.17, 15) is 44.7 Å². The zero-order chi connectivity index (χ0) is 31.4. The summed E-state index contributed by atoms with van der Waals surface area (Å²) >= 11 is 0. The van der Waals surface area contributed by atoms with Gasteiger partial charge in [0, 0.05) is 11.5 Å². The van der Waals surface area contributed by atoms with E-state index in [1.165, 1.54) is 25.1 Å². The molecule has 7 atom stereocenters. The summed E-state index contributed by atoms with van der Waals surface area (Å²) < 4.78 is 5.11. The van der Waals surface area contributed by atoms with Crippen LogP contribution >= 0.6 is 0 Å². The Balaban J connectivity index is 1.91. The number of nitrogens with zero attached hydrogens (tertiary/aromatic N) is 1. The molecular formula is C29H37N3O10. The molecule has 0 radical (unpaired) electrons. The van der Waals surface area contributed by atoms with Gasteiger partial charge >= 0.3 is 5.97 Å². The van der Waals surface area contributed by atoms with Gasteiger partial charge in [-0.3, -0.25) is 19.3 Å². The third-order valence-electron chi connectivity index (χ3n) is 8.61. The standard InChI is InChI=1S/C29H37N3O10/c1-6-8-14(28(40)42-7-2)31-13-10-9-12-11(3)15-17(22(34)16(12)21(13)33)25(37)29(41)19(23(15)35)20(32(4)5)24(36)18(26(29)38)27(30)39/h9-11,14-15,19-20,23,31,33,35-37,41H,6-8H2,1-5H3,(H2,30,39)/t11?,14?,15?,19?,20-,23?,29-/m0/s1. The van der Waals surface area contributed by atoms with Crippen LogP contribution < -0.4 is 11.1 Å². The fraction of sp³-hybridized carbons (Fsp3) is 0.517. The van der Waals surface area contributed by atoms with E-state index >= 15 is 0 Å². The number of phenolic OH excluding ortho intramolecular Hbond substituents is 1. The van der Waals surface area contributed by atoms with Gasteiger partial charge in [0.05, 0.1) is 35.9 Å². The number of nitrogens with one attached hydrogen (secondary N) is 1. The summed E-state index contributed by atoms with van der Waals surface area (Å²) in [7, 11) is 2.94. The van der Waals surface area contributed by atoms with Gasteiger partial charge in [0.15, 0.2) is 11.4 Å². The van der Waals surface area contributed by atoms with Gasteiger partial charge in [-0.1, -0.05) is 26.3 Å². The van der Waals surface area contributed by atoms with Crippen LogP contribution in [0.5, 0.6) is 5.75 Å². The molecular weight excluding hydrogens is 550 g/mol. The Morgan fingerprint density at radius 3 is 2.36 bits per heavy atom. The second kappa shape index (κ2) is 11.0. The van der Waals surface area contributed by atoms with Gasteiger partial charge in [0.1, 0.15) is 28.9 Å². The lowest BCUT2D eigenvalue weighted by molar-refractivity contribution is -0.162. The molecule has 13 heteroatoms. The van der Waals surface area contributed by atoms with E-state index in [0.717, 1.165) is 0 Å². The lowest BCUT2D eigenvalue weighted by Crippen LogP contribution is -2.68. The number of likely N-dealkylation sites (N-methyl/N-ethyl adjacent to an activating group) is 1. The van der Waals surface area contributed by atoms with Crippen LogP contribution in [0.25, 0.3) is 0 Å². The molecule has 3 aliphatic carbocycles. The number of primary amides is 1. The maximum Gasteiger partial charge on any atom is 0.328 e. The van der Waals surface area contributed by atoms with Crippen molar-refractivity contribution in [3.05, 3.63) is 45.9 Å². The quantitative estimate of drug-likeness (QED) is 0.128. The molecule has 4 rings (SSSR count). The molecule has 1 aromatic carbocycles. The molecule has 0 spiro atoms. The summed E-state index contributed by atoms with van der Waals surface area (Å²) in [5.41, 5.74) is 0.984. The number of amides is 1. The van der Waals surface area contributed by atoms with Crippen molar-refractivity contribution in [2.24, 2.45) is 17.6 Å². The third kappa shape index (κ3) is 4.34. The van der Waals surface area contributed by atoms with E-state index < -0.39 is 93.4 Å². The van der Waals surface area contributed by atoms with Crippen LogP contribution in [-0.4, -0.2) is 98.4 Å². The first-order valence-corrected chi connectivity index (χ1v) is 13.8. The Morgan fingerprint density at radius 1 is 1.17 bits per heavy atom. The molecule has 42 heavy (non-hydrogen) atoms. The average Bonchev–Trinajstić information content (AvgIpc) is 2.91. The van der Waals surface area contributed by atoms with Gasteiger partial charge in [0.25, 0.3) is 5.91 Å². The van der Waals surface area contributed by atoms with Gasteiger partial charge in [-0.15, -0.1) is 0 Å². The first-order valence-electron chi connectivity index (χ1n) is 13.8. The van der Waals surface area contributed by atoms with Crippen molar-refractivity contribution >= 4 is 29.1 Å². The second-order valence-electron chi connectivity index (χ2n) is 11.2. The number of phenols is 1. The smallest absolute Gasteiger partial charge is 0.328 e. The van der Waals surface area contributed by atoms with Crippen molar-refractivity contribution in [1.29, 1.82) is 0 Å². The Labute approximate surface area is 242 Å². The largest absolute Gasteiger partial charge is 0.510 e. The highest BCUT2D eigenvalue weighted by Crippen LogP contribution is 2.56. The van der Waals surface area contributed by atoms with Crippen molar-refractivity contribution in [3.8, 4) is 5.75 Å². The van der Waals surface area contributed by atoms with E-state index in [1.807, 2.05) is 6.92 Å². The van der Waals surface area contributed by atoms with Crippen LogP contribution in [0.15, 0.2) is 34.8 Å². The van der Waals surface area contributed by atoms with Gasteiger partial charge in [-0.25, -0.2) is 4.79 Å². The van der Waals surface area contributed by atoms with E-state index in [1.54, 1.807) is 19.9 Å². The molecule has 228 valence electrons. The number of ketones is 2. The van der Waals surface area contributed by atoms with Crippen molar-refractivity contribution in [2.75, 3.05) is 26.0 Å². The number of aliphatic hydroxyl groups excluding tert-OH is 3. The number of Topliss-reactive ketones (excluding diaryl/α,β-unsaturated/α-hetero) is 2. The van der Waals surface area contributed by atoms with Crippen LogP contribution in [-0.2, 0) is 19.1 Å². The van der Waals surface area contributed by atoms with Crippen LogP contribution in [0.4, 0.5) is 5.69 Å². The summed E-state index contributed by atoms with van der Waals surface area (Å²) in [4.78, 5) is 53.5. The number of nitrogens with two attached hydrogens (primary N) is 1. The number of carbonyl (C=O) groups excluding carboxylic acids is 4. The van der Waals surface area contributed by atoms with Crippen molar-refractivity contribution in [3.63, 3.8) is 0 Å². The van der Waals surface area contributed by atoms with Gasteiger partial charge in [0.2, 0.25) is 5.78 Å². The first kappa shape index (κ1) is 31.0.